The molecule has 1 saturated heterocycles. The van der Waals surface area contributed by atoms with Crippen LogP contribution >= 0.6 is 0 Å². The molecule has 1 aromatic carbocycles. The molecule has 0 amide bonds. The molecule has 1 aliphatic rings. The summed E-state index contributed by atoms with van der Waals surface area (Å²) in [6, 6.07) is 9.96. The fourth-order valence-corrected chi connectivity index (χ4v) is 2.43. The van der Waals surface area contributed by atoms with Gasteiger partial charge in [-0.25, -0.2) is 0 Å². The molecule has 1 aromatic rings. The van der Waals surface area contributed by atoms with Gasteiger partial charge in [-0.2, -0.15) is 5.26 Å². The molecule has 0 aromatic heterocycles. The number of aliphatic hydroxyl groups is 1. The zero-order valence-electron chi connectivity index (χ0n) is 9.97. The highest BCUT2D eigenvalue weighted by atomic mass is 16.3. The van der Waals surface area contributed by atoms with Crippen molar-refractivity contribution < 1.29 is 5.11 Å². The first-order chi connectivity index (χ1) is 8.33. The lowest BCUT2D eigenvalue weighted by Gasteiger charge is -2.33. The van der Waals surface area contributed by atoms with E-state index in [0.29, 0.717) is 12.5 Å². The molecule has 0 aliphatic carbocycles. The molecule has 1 N–H and O–H groups in total. The lowest BCUT2D eigenvalue weighted by Crippen LogP contribution is -2.33. The summed E-state index contributed by atoms with van der Waals surface area (Å²) >= 11 is 0. The van der Waals surface area contributed by atoms with Gasteiger partial charge < -0.3 is 10.0 Å². The molecule has 1 fully saturated rings. The first-order valence-corrected chi connectivity index (χ1v) is 6.19. The van der Waals surface area contributed by atoms with Crippen LogP contribution < -0.4 is 4.90 Å². The second-order valence-electron chi connectivity index (χ2n) is 4.60. The number of hydrogen-bond acceptors (Lipinski definition) is 3. The molecule has 0 saturated carbocycles. The summed E-state index contributed by atoms with van der Waals surface area (Å²) in [5.41, 5.74) is 1.87. The highest BCUT2D eigenvalue weighted by molar-refractivity contribution is 5.51. The predicted octanol–water partition coefficient (Wildman–Crippen LogP) is 2.16. The topological polar surface area (TPSA) is 47.3 Å². The molecular formula is C14H18N2O. The van der Waals surface area contributed by atoms with Gasteiger partial charge in [-0.15, -0.1) is 0 Å². The van der Waals surface area contributed by atoms with E-state index in [9.17, 15) is 0 Å². The molecule has 0 radical (unpaired) electrons. The Morgan fingerprint density at radius 2 is 2.12 bits per heavy atom. The van der Waals surface area contributed by atoms with Crippen LogP contribution in [0, 0.1) is 17.2 Å². The van der Waals surface area contributed by atoms with E-state index in [2.05, 4.69) is 17.0 Å². The molecule has 0 bridgehead atoms. The SMILES string of the molecule is N#Cc1cccc(N2CCC(CCO)CC2)c1. The minimum Gasteiger partial charge on any atom is -0.396 e. The van der Waals surface area contributed by atoms with Gasteiger partial charge in [0, 0.05) is 25.4 Å². The zero-order valence-corrected chi connectivity index (χ0v) is 9.97. The van der Waals surface area contributed by atoms with E-state index in [1.165, 1.54) is 0 Å². The summed E-state index contributed by atoms with van der Waals surface area (Å²) in [6.45, 7) is 2.35. The van der Waals surface area contributed by atoms with Gasteiger partial charge in [-0.1, -0.05) is 6.07 Å². The molecule has 0 spiro atoms. The summed E-state index contributed by atoms with van der Waals surface area (Å²) in [5.74, 6) is 0.662. The quantitative estimate of drug-likeness (QED) is 0.865. The minimum atomic E-state index is 0.300. The van der Waals surface area contributed by atoms with Gasteiger partial charge in [-0.3, -0.25) is 0 Å². The Balaban J connectivity index is 1.98. The summed E-state index contributed by atoms with van der Waals surface area (Å²) in [4.78, 5) is 2.33. The van der Waals surface area contributed by atoms with Crippen LogP contribution in [0.25, 0.3) is 0 Å². The van der Waals surface area contributed by atoms with Gasteiger partial charge in [0.15, 0.2) is 0 Å². The van der Waals surface area contributed by atoms with Crippen molar-refractivity contribution in [3.63, 3.8) is 0 Å². The van der Waals surface area contributed by atoms with Gasteiger partial charge in [0.05, 0.1) is 11.6 Å². The standard InChI is InChI=1S/C14H18N2O/c15-11-13-2-1-3-14(10-13)16-7-4-12(5-8-16)6-9-17/h1-3,10,12,17H,4-9H2. The van der Waals surface area contributed by atoms with Gasteiger partial charge in [0.25, 0.3) is 0 Å². The van der Waals surface area contributed by atoms with Gasteiger partial charge in [0.1, 0.15) is 0 Å². The highest BCUT2D eigenvalue weighted by Crippen LogP contribution is 2.25. The Kier molecular flexibility index (Phi) is 4.00. The number of hydrogen-bond donors (Lipinski definition) is 1. The first kappa shape index (κ1) is 11.9. The Labute approximate surface area is 102 Å². The third-order valence-electron chi connectivity index (χ3n) is 3.49. The summed E-state index contributed by atoms with van der Waals surface area (Å²) in [5, 5.41) is 17.8. The molecule has 17 heavy (non-hydrogen) atoms. The van der Waals surface area contributed by atoms with Crippen molar-refractivity contribution in [2.45, 2.75) is 19.3 Å². The van der Waals surface area contributed by atoms with E-state index >= 15 is 0 Å². The molecular weight excluding hydrogens is 212 g/mol. The Bertz CT molecular complexity index is 403. The van der Waals surface area contributed by atoms with Crippen LogP contribution in [0.5, 0.6) is 0 Å². The van der Waals surface area contributed by atoms with Gasteiger partial charge >= 0.3 is 0 Å². The number of benzene rings is 1. The largest absolute Gasteiger partial charge is 0.396 e. The van der Waals surface area contributed by atoms with Crippen molar-refractivity contribution >= 4 is 5.69 Å². The summed E-state index contributed by atoms with van der Waals surface area (Å²) in [7, 11) is 0. The van der Waals surface area contributed by atoms with E-state index in [1.807, 2.05) is 18.2 Å². The molecule has 90 valence electrons. The lowest BCUT2D eigenvalue weighted by atomic mass is 9.93. The van der Waals surface area contributed by atoms with E-state index < -0.39 is 0 Å². The predicted molar refractivity (Wildman–Crippen MR) is 67.8 cm³/mol. The fourth-order valence-electron chi connectivity index (χ4n) is 2.43. The number of anilines is 1. The van der Waals surface area contributed by atoms with Crippen molar-refractivity contribution in [3.8, 4) is 6.07 Å². The molecule has 0 unspecified atom stereocenters. The molecule has 2 rings (SSSR count). The number of nitriles is 1. The van der Waals surface area contributed by atoms with Crippen LogP contribution in [0.1, 0.15) is 24.8 Å². The molecule has 0 atom stereocenters. The van der Waals surface area contributed by atoms with E-state index in [-0.39, 0.29) is 0 Å². The number of piperidine rings is 1. The Morgan fingerprint density at radius 3 is 2.76 bits per heavy atom. The Hall–Kier alpha value is -1.53. The second kappa shape index (κ2) is 5.70. The summed E-state index contributed by atoms with van der Waals surface area (Å²) in [6.07, 6.45) is 3.20. The van der Waals surface area contributed by atoms with Crippen molar-refractivity contribution in [3.05, 3.63) is 29.8 Å². The van der Waals surface area contributed by atoms with Crippen molar-refractivity contribution in [1.82, 2.24) is 0 Å². The van der Waals surface area contributed by atoms with Crippen molar-refractivity contribution in [1.29, 1.82) is 5.26 Å². The maximum Gasteiger partial charge on any atom is 0.0992 e. The van der Waals surface area contributed by atoms with Crippen LogP contribution in [0.2, 0.25) is 0 Å². The third kappa shape index (κ3) is 2.98. The maximum atomic E-state index is 8.92. The highest BCUT2D eigenvalue weighted by Gasteiger charge is 2.18. The lowest BCUT2D eigenvalue weighted by molar-refractivity contribution is 0.240. The molecule has 3 nitrogen and oxygen atoms in total. The second-order valence-corrected chi connectivity index (χ2v) is 4.60. The van der Waals surface area contributed by atoms with Crippen LogP contribution in [0.3, 0.4) is 0 Å². The fraction of sp³-hybridized carbons (Fsp3) is 0.500. The third-order valence-corrected chi connectivity index (χ3v) is 3.49. The van der Waals surface area contributed by atoms with Crippen LogP contribution in [-0.4, -0.2) is 24.8 Å². The smallest absolute Gasteiger partial charge is 0.0992 e. The number of aliphatic hydroxyl groups excluding tert-OH is 1. The van der Waals surface area contributed by atoms with Gasteiger partial charge in [-0.05, 0) is 43.4 Å². The van der Waals surface area contributed by atoms with Crippen molar-refractivity contribution in [2.24, 2.45) is 5.92 Å². The normalized spacial score (nSPS) is 16.8. The van der Waals surface area contributed by atoms with E-state index in [1.54, 1.807) is 0 Å². The first-order valence-electron chi connectivity index (χ1n) is 6.19. The molecule has 1 aliphatic heterocycles. The average molecular weight is 230 g/mol. The Morgan fingerprint density at radius 1 is 1.35 bits per heavy atom. The van der Waals surface area contributed by atoms with Crippen molar-refractivity contribution in [2.75, 3.05) is 24.6 Å². The van der Waals surface area contributed by atoms with E-state index in [0.717, 1.165) is 43.6 Å². The average Bonchev–Trinajstić information content (AvgIpc) is 2.40. The minimum absolute atomic E-state index is 0.300. The van der Waals surface area contributed by atoms with Crippen LogP contribution in [0.4, 0.5) is 5.69 Å². The summed E-state index contributed by atoms with van der Waals surface area (Å²) < 4.78 is 0. The number of nitrogens with zero attached hydrogens (tertiary/aromatic N) is 2. The molecule has 3 heteroatoms. The maximum absolute atomic E-state index is 8.92. The molecule has 1 heterocycles. The monoisotopic (exact) mass is 230 g/mol. The van der Waals surface area contributed by atoms with E-state index in [4.69, 9.17) is 10.4 Å². The van der Waals surface area contributed by atoms with Crippen LogP contribution in [0.15, 0.2) is 24.3 Å². The van der Waals surface area contributed by atoms with Crippen LogP contribution in [-0.2, 0) is 0 Å². The van der Waals surface area contributed by atoms with Gasteiger partial charge in [0.2, 0.25) is 0 Å². The number of rotatable bonds is 3. The zero-order chi connectivity index (χ0) is 12.1.